The molecule has 2 aromatic heterocycles. The average molecular weight is 409 g/mol. The molecule has 1 atom stereocenters. The number of hydrogen-bond acceptors (Lipinski definition) is 6. The highest BCUT2D eigenvalue weighted by molar-refractivity contribution is 7.90. The summed E-state index contributed by atoms with van der Waals surface area (Å²) in [6, 6.07) is 18.1. The fraction of sp³-hybridized carbons (Fsp3) is 0.0500. The zero-order chi connectivity index (χ0) is 20.6. The summed E-state index contributed by atoms with van der Waals surface area (Å²) >= 11 is 0. The lowest BCUT2D eigenvalue weighted by Gasteiger charge is -2.16. The van der Waals surface area contributed by atoms with Gasteiger partial charge in [0, 0.05) is 23.7 Å². The molecule has 2 heterocycles. The third kappa shape index (κ3) is 3.26. The molecule has 0 radical (unpaired) electrons. The zero-order valence-corrected chi connectivity index (χ0v) is 15.7. The van der Waals surface area contributed by atoms with Gasteiger partial charge in [-0.1, -0.05) is 18.2 Å². The van der Waals surface area contributed by atoms with Gasteiger partial charge in [0.15, 0.2) is 5.65 Å². The van der Waals surface area contributed by atoms with Crippen molar-refractivity contribution in [2.45, 2.75) is 11.0 Å². The van der Waals surface area contributed by atoms with E-state index in [1.807, 2.05) is 0 Å². The molecule has 4 rings (SSSR count). The Bertz CT molecular complexity index is 1300. The van der Waals surface area contributed by atoms with Crippen molar-refractivity contribution >= 4 is 26.7 Å². The minimum atomic E-state index is -4.04. The van der Waals surface area contributed by atoms with Gasteiger partial charge in [-0.25, -0.2) is 17.4 Å². The van der Waals surface area contributed by atoms with Gasteiger partial charge in [0.2, 0.25) is 0 Å². The van der Waals surface area contributed by atoms with E-state index in [0.717, 1.165) is 3.97 Å². The summed E-state index contributed by atoms with van der Waals surface area (Å²) in [5.74, 6) is 0. The standard InChI is InChI=1S/C20H15N3O5S/c24-19(14-8-10-16(11-9-14)23(25)26)18-13-15-5-4-12-21-20(15)22(18)29(27,28)17-6-2-1-3-7-17/h1-13,19,24H. The number of aliphatic hydroxyl groups excluding tert-OH is 1. The lowest BCUT2D eigenvalue weighted by Crippen LogP contribution is -2.18. The van der Waals surface area contributed by atoms with Crippen LogP contribution in [0.15, 0.2) is 83.9 Å². The van der Waals surface area contributed by atoms with E-state index in [1.165, 1.54) is 42.6 Å². The number of aliphatic hydroxyl groups is 1. The summed E-state index contributed by atoms with van der Waals surface area (Å²) in [5, 5.41) is 22.3. The molecule has 0 bridgehead atoms. The molecule has 0 spiro atoms. The van der Waals surface area contributed by atoms with Gasteiger partial charge in [-0.3, -0.25) is 10.1 Å². The van der Waals surface area contributed by atoms with E-state index < -0.39 is 21.1 Å². The molecule has 0 aliphatic heterocycles. The Morgan fingerprint density at radius 2 is 1.69 bits per heavy atom. The van der Waals surface area contributed by atoms with Crippen LogP contribution in [0.5, 0.6) is 0 Å². The number of hydrogen-bond donors (Lipinski definition) is 1. The monoisotopic (exact) mass is 409 g/mol. The predicted octanol–water partition coefficient (Wildman–Crippen LogP) is 3.26. The second-order valence-corrected chi connectivity index (χ2v) is 8.11. The van der Waals surface area contributed by atoms with Crippen molar-refractivity contribution in [3.63, 3.8) is 0 Å². The molecule has 8 nitrogen and oxygen atoms in total. The number of fused-ring (bicyclic) bond motifs is 1. The maximum Gasteiger partial charge on any atom is 0.269 e. The van der Waals surface area contributed by atoms with Crippen LogP contribution in [-0.4, -0.2) is 27.4 Å². The molecule has 0 aliphatic rings. The highest BCUT2D eigenvalue weighted by atomic mass is 32.2. The molecule has 29 heavy (non-hydrogen) atoms. The number of nitrogens with zero attached hydrogens (tertiary/aromatic N) is 3. The number of aromatic nitrogens is 2. The van der Waals surface area contributed by atoms with Crippen LogP contribution in [0.3, 0.4) is 0 Å². The van der Waals surface area contributed by atoms with Crippen LogP contribution >= 0.6 is 0 Å². The first-order chi connectivity index (χ1) is 13.9. The largest absolute Gasteiger partial charge is 0.382 e. The number of rotatable bonds is 5. The van der Waals surface area contributed by atoms with E-state index in [1.54, 1.807) is 36.4 Å². The quantitative estimate of drug-likeness (QED) is 0.400. The van der Waals surface area contributed by atoms with Crippen LogP contribution in [-0.2, 0) is 10.0 Å². The molecule has 4 aromatic rings. The Morgan fingerprint density at radius 3 is 2.34 bits per heavy atom. The second-order valence-electron chi connectivity index (χ2n) is 6.32. The van der Waals surface area contributed by atoms with E-state index in [-0.39, 0.29) is 21.9 Å². The molecule has 0 saturated carbocycles. The number of nitro groups is 1. The van der Waals surface area contributed by atoms with Gasteiger partial charge in [0.1, 0.15) is 6.10 Å². The Kier molecular flexibility index (Phi) is 4.61. The molecular weight excluding hydrogens is 394 g/mol. The lowest BCUT2D eigenvalue weighted by molar-refractivity contribution is -0.384. The second kappa shape index (κ2) is 7.12. The van der Waals surface area contributed by atoms with Gasteiger partial charge >= 0.3 is 0 Å². The molecule has 9 heteroatoms. The molecule has 146 valence electrons. The highest BCUT2D eigenvalue weighted by Crippen LogP contribution is 2.31. The minimum Gasteiger partial charge on any atom is -0.382 e. The lowest BCUT2D eigenvalue weighted by atomic mass is 10.1. The van der Waals surface area contributed by atoms with E-state index in [9.17, 15) is 23.6 Å². The first-order valence-corrected chi connectivity index (χ1v) is 10.0. The summed E-state index contributed by atoms with van der Waals surface area (Å²) < 4.78 is 27.7. The van der Waals surface area contributed by atoms with Crippen molar-refractivity contribution in [3.05, 3.63) is 100 Å². The summed E-state index contributed by atoms with van der Waals surface area (Å²) in [6.45, 7) is 0. The fourth-order valence-electron chi connectivity index (χ4n) is 3.12. The summed E-state index contributed by atoms with van der Waals surface area (Å²) in [4.78, 5) is 14.6. The van der Waals surface area contributed by atoms with E-state index >= 15 is 0 Å². The van der Waals surface area contributed by atoms with Gasteiger partial charge in [-0.15, -0.1) is 0 Å². The normalized spacial score (nSPS) is 12.7. The van der Waals surface area contributed by atoms with Crippen LogP contribution < -0.4 is 0 Å². The van der Waals surface area contributed by atoms with Crippen molar-refractivity contribution in [3.8, 4) is 0 Å². The van der Waals surface area contributed by atoms with Crippen molar-refractivity contribution in [1.29, 1.82) is 0 Å². The van der Waals surface area contributed by atoms with E-state index in [0.29, 0.717) is 10.9 Å². The summed E-state index contributed by atoms with van der Waals surface area (Å²) in [7, 11) is -4.04. The van der Waals surface area contributed by atoms with Gasteiger partial charge in [0.25, 0.3) is 15.7 Å². The molecule has 1 unspecified atom stereocenters. The maximum atomic E-state index is 13.3. The number of non-ortho nitro benzene ring substituents is 1. The van der Waals surface area contributed by atoms with Crippen molar-refractivity contribution in [2.75, 3.05) is 0 Å². The topological polar surface area (TPSA) is 115 Å². The predicted molar refractivity (Wildman–Crippen MR) is 106 cm³/mol. The smallest absolute Gasteiger partial charge is 0.269 e. The van der Waals surface area contributed by atoms with Crippen molar-refractivity contribution in [1.82, 2.24) is 8.96 Å². The van der Waals surface area contributed by atoms with Crippen LogP contribution in [0.4, 0.5) is 5.69 Å². The zero-order valence-electron chi connectivity index (χ0n) is 14.9. The first kappa shape index (κ1) is 18.8. The van der Waals surface area contributed by atoms with Crippen LogP contribution in [0.25, 0.3) is 11.0 Å². The first-order valence-electron chi connectivity index (χ1n) is 8.59. The minimum absolute atomic E-state index is 0.0558. The van der Waals surface area contributed by atoms with Crippen LogP contribution in [0, 0.1) is 10.1 Å². The third-order valence-electron chi connectivity index (χ3n) is 4.53. The Hall–Kier alpha value is -3.56. The van der Waals surface area contributed by atoms with Gasteiger partial charge < -0.3 is 5.11 Å². The Balaban J connectivity index is 1.91. The molecule has 1 N–H and O–H groups in total. The summed E-state index contributed by atoms with van der Waals surface area (Å²) in [5.41, 5.74) is 0.478. The van der Waals surface area contributed by atoms with Crippen molar-refractivity contribution < 1.29 is 18.4 Å². The molecule has 0 aliphatic carbocycles. The Labute approximate surface area is 165 Å². The number of benzene rings is 2. The Morgan fingerprint density at radius 1 is 1.00 bits per heavy atom. The van der Waals surface area contributed by atoms with Gasteiger partial charge in [-0.05, 0) is 48.0 Å². The third-order valence-corrected chi connectivity index (χ3v) is 6.26. The molecule has 0 amide bonds. The van der Waals surface area contributed by atoms with Crippen LogP contribution in [0.2, 0.25) is 0 Å². The van der Waals surface area contributed by atoms with Crippen LogP contribution in [0.1, 0.15) is 17.4 Å². The maximum absolute atomic E-state index is 13.3. The van der Waals surface area contributed by atoms with E-state index in [2.05, 4.69) is 4.98 Å². The van der Waals surface area contributed by atoms with Gasteiger partial charge in [-0.2, -0.15) is 0 Å². The number of pyridine rings is 1. The molecule has 2 aromatic carbocycles. The van der Waals surface area contributed by atoms with E-state index in [4.69, 9.17) is 0 Å². The fourth-order valence-corrected chi connectivity index (χ4v) is 4.64. The van der Waals surface area contributed by atoms with Gasteiger partial charge in [0.05, 0.1) is 15.5 Å². The van der Waals surface area contributed by atoms with Crippen molar-refractivity contribution in [2.24, 2.45) is 0 Å². The SMILES string of the molecule is O=[N+]([O-])c1ccc(C(O)c2cc3cccnc3n2S(=O)(=O)c2ccccc2)cc1. The molecular formula is C20H15N3O5S. The highest BCUT2D eigenvalue weighted by Gasteiger charge is 2.28. The molecule has 0 saturated heterocycles. The summed E-state index contributed by atoms with van der Waals surface area (Å²) in [6.07, 6.45) is 0.143. The average Bonchev–Trinajstić information content (AvgIpc) is 3.14. The molecule has 0 fully saturated rings. The number of nitro benzene ring substituents is 1.